The molecule has 2 saturated heterocycles. The van der Waals surface area contributed by atoms with Crippen molar-refractivity contribution in [1.29, 1.82) is 0 Å². The molecule has 0 radical (unpaired) electrons. The van der Waals surface area contributed by atoms with Crippen LogP contribution in [-0.4, -0.2) is 84.1 Å². The van der Waals surface area contributed by atoms with E-state index in [1.165, 1.54) is 12.6 Å². The Labute approximate surface area is 173 Å². The predicted octanol–water partition coefficient (Wildman–Crippen LogP) is 2.15. The minimum atomic E-state index is -0.246. The van der Waals surface area contributed by atoms with E-state index in [-0.39, 0.29) is 17.8 Å². The highest BCUT2D eigenvalue weighted by Crippen LogP contribution is 2.30. The second kappa shape index (κ2) is 9.96. The molecule has 4 rings (SSSR count). The molecule has 1 saturated carbocycles. The largest absolute Gasteiger partial charge is 0.379 e. The summed E-state index contributed by atoms with van der Waals surface area (Å²) in [4.78, 5) is 23.8. The third-order valence-corrected chi connectivity index (χ3v) is 6.65. The first kappa shape index (κ1) is 20.7. The van der Waals surface area contributed by atoms with Crippen LogP contribution in [0.2, 0.25) is 0 Å². The molecule has 3 aliphatic rings. The number of hydrogen-bond donors (Lipinski definition) is 0. The van der Waals surface area contributed by atoms with Crippen molar-refractivity contribution in [1.82, 2.24) is 19.7 Å². The van der Waals surface area contributed by atoms with E-state index in [0.717, 1.165) is 78.2 Å². The number of halogens is 1. The molecule has 1 atom stereocenters. The Balaban J connectivity index is 1.33. The van der Waals surface area contributed by atoms with Crippen LogP contribution in [0.5, 0.6) is 0 Å². The third kappa shape index (κ3) is 5.32. The van der Waals surface area contributed by atoms with E-state index in [2.05, 4.69) is 19.7 Å². The van der Waals surface area contributed by atoms with Crippen molar-refractivity contribution in [2.75, 3.05) is 52.5 Å². The molecule has 1 aromatic rings. The molecule has 1 amide bonds. The number of nitrogens with zero attached hydrogens (tertiary/aromatic N) is 4. The number of rotatable bonds is 8. The quantitative estimate of drug-likeness (QED) is 0.665. The first-order chi connectivity index (χ1) is 14.2. The second-order valence-corrected chi connectivity index (χ2v) is 8.61. The number of carbonyl (C=O) groups is 1. The maximum Gasteiger partial charge on any atom is 0.225 e. The fraction of sp³-hybridized carbons (Fsp3) is 0.727. The molecule has 7 heteroatoms. The van der Waals surface area contributed by atoms with Gasteiger partial charge in [0.25, 0.3) is 0 Å². The lowest BCUT2D eigenvalue weighted by Crippen LogP contribution is -2.47. The van der Waals surface area contributed by atoms with Crippen molar-refractivity contribution in [2.24, 2.45) is 5.92 Å². The zero-order valence-corrected chi connectivity index (χ0v) is 17.3. The lowest BCUT2D eigenvalue weighted by Gasteiger charge is -2.36. The average Bonchev–Trinajstić information content (AvgIpc) is 3.14. The summed E-state index contributed by atoms with van der Waals surface area (Å²) >= 11 is 0. The highest BCUT2D eigenvalue weighted by atomic mass is 19.1. The van der Waals surface area contributed by atoms with E-state index in [4.69, 9.17) is 4.74 Å². The van der Waals surface area contributed by atoms with Crippen LogP contribution in [0.15, 0.2) is 18.5 Å². The lowest BCUT2D eigenvalue weighted by atomic mass is 9.84. The predicted molar refractivity (Wildman–Crippen MR) is 109 cm³/mol. The number of likely N-dealkylation sites (tertiary alicyclic amines) is 1. The SMILES string of the molecule is O=C(C1CCC1)N(CCCN1CCOCC1)C1CCN(Cc2ccncc2F)C1. The molecule has 3 heterocycles. The van der Waals surface area contributed by atoms with Gasteiger partial charge in [0.15, 0.2) is 0 Å². The molecule has 1 aromatic heterocycles. The molecule has 1 unspecified atom stereocenters. The Morgan fingerprint density at radius 2 is 2.03 bits per heavy atom. The third-order valence-electron chi connectivity index (χ3n) is 6.65. The minimum absolute atomic E-state index is 0.227. The number of ether oxygens (including phenoxy) is 1. The van der Waals surface area contributed by atoms with Gasteiger partial charge in [-0.3, -0.25) is 19.6 Å². The Morgan fingerprint density at radius 3 is 2.76 bits per heavy atom. The van der Waals surface area contributed by atoms with Gasteiger partial charge in [0.05, 0.1) is 19.4 Å². The molecule has 3 fully saturated rings. The summed E-state index contributed by atoms with van der Waals surface area (Å²) in [6.07, 6.45) is 8.16. The molecule has 0 bridgehead atoms. The van der Waals surface area contributed by atoms with E-state index in [1.807, 2.05) is 0 Å². The molecule has 0 spiro atoms. The second-order valence-electron chi connectivity index (χ2n) is 8.61. The number of amides is 1. The fourth-order valence-corrected chi connectivity index (χ4v) is 4.64. The zero-order chi connectivity index (χ0) is 20.1. The topological polar surface area (TPSA) is 48.9 Å². The maximum absolute atomic E-state index is 14.0. The standard InChI is InChI=1S/C22H33FN4O2/c23-21-15-24-7-5-19(21)16-26-10-6-20(17-26)27(22(28)18-3-1-4-18)9-2-8-25-11-13-29-14-12-25/h5,7,15,18,20H,1-4,6,8-14,16-17H2. The number of hydrogen-bond acceptors (Lipinski definition) is 5. The maximum atomic E-state index is 14.0. The van der Waals surface area contributed by atoms with Crippen LogP contribution >= 0.6 is 0 Å². The van der Waals surface area contributed by atoms with Gasteiger partial charge in [-0.2, -0.15) is 0 Å². The van der Waals surface area contributed by atoms with Crippen molar-refractivity contribution >= 4 is 5.91 Å². The van der Waals surface area contributed by atoms with Gasteiger partial charge in [-0.15, -0.1) is 0 Å². The molecule has 160 valence electrons. The smallest absolute Gasteiger partial charge is 0.225 e. The number of aromatic nitrogens is 1. The summed E-state index contributed by atoms with van der Waals surface area (Å²) in [5.74, 6) is 0.328. The van der Waals surface area contributed by atoms with Crippen molar-refractivity contribution in [3.05, 3.63) is 29.8 Å². The minimum Gasteiger partial charge on any atom is -0.379 e. The zero-order valence-electron chi connectivity index (χ0n) is 17.3. The molecular formula is C22H33FN4O2. The number of morpholine rings is 1. The number of carbonyl (C=O) groups excluding carboxylic acids is 1. The van der Waals surface area contributed by atoms with Crippen LogP contribution in [0, 0.1) is 11.7 Å². The van der Waals surface area contributed by atoms with Gasteiger partial charge >= 0.3 is 0 Å². The van der Waals surface area contributed by atoms with E-state index >= 15 is 0 Å². The van der Waals surface area contributed by atoms with Crippen molar-refractivity contribution < 1.29 is 13.9 Å². The summed E-state index contributed by atoms with van der Waals surface area (Å²) in [6, 6.07) is 2.00. The lowest BCUT2D eigenvalue weighted by molar-refractivity contribution is -0.140. The van der Waals surface area contributed by atoms with Crippen LogP contribution in [0.3, 0.4) is 0 Å². The highest BCUT2D eigenvalue weighted by molar-refractivity contribution is 5.80. The van der Waals surface area contributed by atoms with Gasteiger partial charge in [0.2, 0.25) is 5.91 Å². The Hall–Kier alpha value is -1.57. The van der Waals surface area contributed by atoms with Crippen LogP contribution in [0.4, 0.5) is 4.39 Å². The van der Waals surface area contributed by atoms with Crippen LogP contribution in [-0.2, 0) is 16.1 Å². The van der Waals surface area contributed by atoms with Crippen molar-refractivity contribution in [2.45, 2.75) is 44.7 Å². The monoisotopic (exact) mass is 404 g/mol. The molecule has 0 aromatic carbocycles. The van der Waals surface area contributed by atoms with E-state index < -0.39 is 0 Å². The Bertz CT molecular complexity index is 679. The van der Waals surface area contributed by atoms with E-state index in [0.29, 0.717) is 18.0 Å². The van der Waals surface area contributed by atoms with Crippen molar-refractivity contribution in [3.63, 3.8) is 0 Å². The van der Waals surface area contributed by atoms with Gasteiger partial charge in [-0.05, 0) is 31.7 Å². The fourth-order valence-electron chi connectivity index (χ4n) is 4.64. The van der Waals surface area contributed by atoms with Gasteiger partial charge in [0.1, 0.15) is 5.82 Å². The van der Waals surface area contributed by atoms with Crippen LogP contribution < -0.4 is 0 Å². The summed E-state index contributed by atoms with van der Waals surface area (Å²) in [5, 5.41) is 0. The molecule has 1 aliphatic carbocycles. The Morgan fingerprint density at radius 1 is 1.21 bits per heavy atom. The van der Waals surface area contributed by atoms with Crippen LogP contribution in [0.1, 0.15) is 37.7 Å². The normalized spacial score (nSPS) is 23.8. The van der Waals surface area contributed by atoms with Gasteiger partial charge < -0.3 is 9.64 Å². The van der Waals surface area contributed by atoms with Crippen LogP contribution in [0.25, 0.3) is 0 Å². The molecule has 6 nitrogen and oxygen atoms in total. The highest BCUT2D eigenvalue weighted by Gasteiger charge is 2.36. The summed E-state index contributed by atoms with van der Waals surface area (Å²) in [7, 11) is 0. The van der Waals surface area contributed by atoms with Gasteiger partial charge in [-0.25, -0.2) is 4.39 Å². The first-order valence-electron chi connectivity index (χ1n) is 11.1. The Kier molecular flexibility index (Phi) is 7.11. The summed E-state index contributed by atoms with van der Waals surface area (Å²) in [5.41, 5.74) is 0.685. The molecule has 29 heavy (non-hydrogen) atoms. The molecule has 2 aliphatic heterocycles. The van der Waals surface area contributed by atoms with Gasteiger partial charge in [0, 0.05) is 69.5 Å². The average molecular weight is 405 g/mol. The number of pyridine rings is 1. The molecular weight excluding hydrogens is 371 g/mol. The van der Waals surface area contributed by atoms with E-state index in [9.17, 15) is 9.18 Å². The van der Waals surface area contributed by atoms with Gasteiger partial charge in [-0.1, -0.05) is 6.42 Å². The molecule has 0 N–H and O–H groups in total. The summed E-state index contributed by atoms with van der Waals surface area (Å²) in [6.45, 7) is 7.79. The van der Waals surface area contributed by atoms with Crippen molar-refractivity contribution in [3.8, 4) is 0 Å². The van der Waals surface area contributed by atoms with E-state index in [1.54, 1.807) is 12.3 Å². The first-order valence-corrected chi connectivity index (χ1v) is 11.1. The summed E-state index contributed by atoms with van der Waals surface area (Å²) < 4.78 is 19.4.